The fourth-order valence-electron chi connectivity index (χ4n) is 4.21. The number of carbonyl (C=O) groups is 3. The van der Waals surface area contributed by atoms with Gasteiger partial charge in [0.25, 0.3) is 5.91 Å². The molecule has 0 fully saturated rings. The van der Waals surface area contributed by atoms with Gasteiger partial charge in [0.1, 0.15) is 5.75 Å². The van der Waals surface area contributed by atoms with Crippen LogP contribution in [0.4, 0.5) is 5.69 Å². The Balaban J connectivity index is 1.68. The first-order valence-electron chi connectivity index (χ1n) is 11.3. The summed E-state index contributed by atoms with van der Waals surface area (Å²) in [7, 11) is 0. The highest BCUT2D eigenvalue weighted by atomic mass is 32.2. The van der Waals surface area contributed by atoms with E-state index >= 15 is 0 Å². The molecule has 2 aliphatic rings. The minimum absolute atomic E-state index is 0.221. The number of amides is 3. The van der Waals surface area contributed by atoms with Crippen molar-refractivity contribution in [2.75, 3.05) is 11.5 Å². The normalized spacial score (nSPS) is 18.8. The second kappa shape index (κ2) is 9.50. The lowest BCUT2D eigenvalue weighted by Crippen LogP contribution is -2.48. The van der Waals surface area contributed by atoms with Crippen LogP contribution in [0.2, 0.25) is 0 Å². The Bertz CT molecular complexity index is 1160. The van der Waals surface area contributed by atoms with Crippen molar-refractivity contribution in [3.63, 3.8) is 0 Å². The number of unbranched alkanes of at least 4 members (excludes halogenated alkanes) is 1. The number of nitrogens with one attached hydrogen (secondary N) is 1. The molecule has 2 heterocycles. The molecule has 0 bridgehead atoms. The number of hydrogen-bond acceptors (Lipinski definition) is 6. The number of thioether (sulfide) groups is 1. The summed E-state index contributed by atoms with van der Waals surface area (Å²) in [6.07, 6.45) is 2.06. The molecule has 1 atom stereocenters. The molecule has 1 N–H and O–H groups in total. The average Bonchev–Trinajstić information content (AvgIpc) is 3.28. The van der Waals surface area contributed by atoms with Gasteiger partial charge in [0, 0.05) is 19.4 Å². The summed E-state index contributed by atoms with van der Waals surface area (Å²) in [5.41, 5.74) is 3.29. The van der Waals surface area contributed by atoms with Crippen molar-refractivity contribution in [3.8, 4) is 5.75 Å². The Hall–Kier alpha value is -3.33. The molecule has 2 aromatic carbocycles. The van der Waals surface area contributed by atoms with E-state index in [1.54, 1.807) is 4.90 Å². The first kappa shape index (κ1) is 23.8. The summed E-state index contributed by atoms with van der Waals surface area (Å²) >= 11 is 1.08. The SMILES string of the molecule is CCCCOc1ccc(CN2C(=O)C3(SC(NC(C)=O)=NN3C(C)=O)c3cccc(C)c32)cc1. The predicted molar refractivity (Wildman–Crippen MR) is 132 cm³/mol. The molecular weight excluding hydrogens is 452 g/mol. The first-order valence-corrected chi connectivity index (χ1v) is 12.1. The number of aryl methyl sites for hydroxylation is 1. The van der Waals surface area contributed by atoms with Crippen LogP contribution >= 0.6 is 11.8 Å². The standard InChI is InChI=1S/C25H28N4O4S/c1-5-6-14-33-20-12-10-19(11-13-20)15-28-22-16(2)8-7-9-21(22)25(23(28)32)29(18(4)31)27-24(34-25)26-17(3)30/h7-13H,5-6,14-15H2,1-4H3,(H,26,27,30). The largest absolute Gasteiger partial charge is 0.494 e. The monoisotopic (exact) mass is 480 g/mol. The minimum atomic E-state index is -1.39. The number of amidine groups is 1. The molecule has 0 saturated heterocycles. The topological polar surface area (TPSA) is 91.3 Å². The molecular formula is C25H28N4O4S. The number of benzene rings is 2. The predicted octanol–water partition coefficient (Wildman–Crippen LogP) is 3.88. The number of hydrogen-bond donors (Lipinski definition) is 1. The number of rotatable bonds is 6. The quantitative estimate of drug-likeness (QED) is 0.634. The van der Waals surface area contributed by atoms with Gasteiger partial charge in [-0.3, -0.25) is 14.4 Å². The smallest absolute Gasteiger partial charge is 0.271 e. The molecule has 2 aliphatic heterocycles. The van der Waals surface area contributed by atoms with E-state index in [-0.39, 0.29) is 22.9 Å². The Morgan fingerprint density at radius 1 is 1.15 bits per heavy atom. The van der Waals surface area contributed by atoms with Crippen molar-refractivity contribution in [2.24, 2.45) is 5.10 Å². The van der Waals surface area contributed by atoms with Gasteiger partial charge in [0.05, 0.1) is 18.8 Å². The highest BCUT2D eigenvalue weighted by Crippen LogP contribution is 2.55. The van der Waals surface area contributed by atoms with Crippen molar-refractivity contribution in [1.82, 2.24) is 10.3 Å². The van der Waals surface area contributed by atoms with Crippen molar-refractivity contribution in [1.29, 1.82) is 0 Å². The van der Waals surface area contributed by atoms with Crippen LogP contribution in [0, 0.1) is 6.92 Å². The number of anilines is 1. The van der Waals surface area contributed by atoms with Crippen LogP contribution in [0.25, 0.3) is 0 Å². The third kappa shape index (κ3) is 4.16. The zero-order valence-electron chi connectivity index (χ0n) is 19.8. The van der Waals surface area contributed by atoms with Gasteiger partial charge in [0.15, 0.2) is 5.17 Å². The lowest BCUT2D eigenvalue weighted by atomic mass is 10.0. The van der Waals surface area contributed by atoms with Gasteiger partial charge in [-0.05, 0) is 48.4 Å². The number of carbonyl (C=O) groups excluding carboxylic acids is 3. The molecule has 4 rings (SSSR count). The van der Waals surface area contributed by atoms with Crippen molar-refractivity contribution < 1.29 is 19.1 Å². The highest BCUT2D eigenvalue weighted by Gasteiger charge is 2.61. The van der Waals surface area contributed by atoms with Crippen LogP contribution in [0.3, 0.4) is 0 Å². The number of fused-ring (bicyclic) bond motifs is 2. The van der Waals surface area contributed by atoms with Crippen LogP contribution in [0.15, 0.2) is 47.6 Å². The van der Waals surface area contributed by atoms with Crippen LogP contribution in [-0.2, 0) is 25.8 Å². The Morgan fingerprint density at radius 2 is 1.88 bits per heavy atom. The number of ether oxygens (including phenoxy) is 1. The van der Waals surface area contributed by atoms with Gasteiger partial charge in [-0.25, -0.2) is 0 Å². The second-order valence-corrected chi connectivity index (χ2v) is 9.55. The lowest BCUT2D eigenvalue weighted by molar-refractivity contribution is -0.139. The van der Waals surface area contributed by atoms with Gasteiger partial charge in [-0.15, -0.1) is 5.10 Å². The molecule has 0 aliphatic carbocycles. The molecule has 3 amide bonds. The van der Waals surface area contributed by atoms with Crippen LogP contribution in [-0.4, -0.2) is 34.5 Å². The van der Waals surface area contributed by atoms with Crippen LogP contribution < -0.4 is 15.0 Å². The van der Waals surface area contributed by atoms with Gasteiger partial charge in [-0.1, -0.05) is 43.7 Å². The maximum absolute atomic E-state index is 14.0. The minimum Gasteiger partial charge on any atom is -0.494 e. The number of nitrogens with zero attached hydrogens (tertiary/aromatic N) is 3. The van der Waals surface area contributed by atoms with E-state index in [4.69, 9.17) is 4.74 Å². The van der Waals surface area contributed by atoms with E-state index in [9.17, 15) is 14.4 Å². The van der Waals surface area contributed by atoms with Crippen molar-refractivity contribution >= 4 is 40.3 Å². The van der Waals surface area contributed by atoms with Crippen molar-refractivity contribution in [2.45, 2.75) is 52.0 Å². The van der Waals surface area contributed by atoms with Gasteiger partial charge in [-0.2, -0.15) is 5.01 Å². The molecule has 0 aromatic heterocycles. The summed E-state index contributed by atoms with van der Waals surface area (Å²) in [4.78, 5) is 38.6. The molecule has 0 radical (unpaired) electrons. The summed E-state index contributed by atoms with van der Waals surface area (Å²) in [5.74, 6) is -0.186. The maximum atomic E-state index is 14.0. The summed E-state index contributed by atoms with van der Waals surface area (Å²) in [6, 6.07) is 13.4. The van der Waals surface area contributed by atoms with E-state index in [0.717, 1.165) is 47.2 Å². The van der Waals surface area contributed by atoms with Crippen LogP contribution in [0.1, 0.15) is 50.3 Å². The average molecular weight is 481 g/mol. The molecule has 2 aromatic rings. The second-order valence-electron chi connectivity index (χ2n) is 8.37. The van der Waals surface area contributed by atoms with E-state index in [1.807, 2.05) is 49.4 Å². The number of para-hydroxylation sites is 1. The summed E-state index contributed by atoms with van der Waals surface area (Å²) in [5, 5.41) is 8.34. The Kier molecular flexibility index (Phi) is 6.65. The fourth-order valence-corrected chi connectivity index (χ4v) is 5.54. The highest BCUT2D eigenvalue weighted by molar-refractivity contribution is 8.15. The molecule has 9 heteroatoms. The Labute approximate surface area is 203 Å². The molecule has 1 unspecified atom stereocenters. The van der Waals surface area contributed by atoms with Gasteiger partial charge < -0.3 is 15.0 Å². The molecule has 178 valence electrons. The zero-order chi connectivity index (χ0) is 24.5. The maximum Gasteiger partial charge on any atom is 0.271 e. The van der Waals surface area contributed by atoms with E-state index in [0.29, 0.717) is 18.7 Å². The zero-order valence-corrected chi connectivity index (χ0v) is 20.6. The van der Waals surface area contributed by atoms with E-state index in [1.165, 1.54) is 18.9 Å². The molecule has 8 nitrogen and oxygen atoms in total. The molecule has 1 spiro atoms. The van der Waals surface area contributed by atoms with E-state index in [2.05, 4.69) is 17.3 Å². The van der Waals surface area contributed by atoms with Gasteiger partial charge in [0.2, 0.25) is 16.7 Å². The summed E-state index contributed by atoms with van der Waals surface area (Å²) in [6.45, 7) is 7.79. The molecule has 0 saturated carbocycles. The first-order chi connectivity index (χ1) is 16.3. The van der Waals surface area contributed by atoms with Crippen LogP contribution in [0.5, 0.6) is 5.75 Å². The van der Waals surface area contributed by atoms with Crippen molar-refractivity contribution in [3.05, 3.63) is 59.2 Å². The summed E-state index contributed by atoms with van der Waals surface area (Å²) < 4.78 is 5.75. The Morgan fingerprint density at radius 3 is 2.53 bits per heavy atom. The number of hydrazone groups is 1. The fraction of sp³-hybridized carbons (Fsp3) is 0.360. The van der Waals surface area contributed by atoms with E-state index < -0.39 is 4.87 Å². The molecule has 34 heavy (non-hydrogen) atoms. The van der Waals surface area contributed by atoms with Gasteiger partial charge >= 0.3 is 0 Å². The third-order valence-electron chi connectivity index (χ3n) is 5.75. The third-order valence-corrected chi connectivity index (χ3v) is 6.99. The lowest BCUT2D eigenvalue weighted by Gasteiger charge is -2.29.